The summed E-state index contributed by atoms with van der Waals surface area (Å²) >= 11 is 0. The van der Waals surface area contributed by atoms with Gasteiger partial charge in [0.05, 0.1) is 6.33 Å². The monoisotopic (exact) mass is 322 g/mol. The predicted octanol–water partition coefficient (Wildman–Crippen LogP) is 1.72. The summed E-state index contributed by atoms with van der Waals surface area (Å²) in [4.78, 5) is 18.1. The van der Waals surface area contributed by atoms with Crippen molar-refractivity contribution in [1.29, 1.82) is 0 Å². The first-order valence-electron chi connectivity index (χ1n) is 6.64. The van der Waals surface area contributed by atoms with Crippen LogP contribution in [0.15, 0.2) is 18.7 Å². The Morgan fingerprint density at radius 1 is 1.30 bits per heavy atom. The lowest BCUT2D eigenvalue weighted by molar-refractivity contribution is -0.133. The highest BCUT2D eigenvalue weighted by Crippen LogP contribution is 2.07. The van der Waals surface area contributed by atoms with Gasteiger partial charge in [0.1, 0.15) is 0 Å². The van der Waals surface area contributed by atoms with Crippen LogP contribution in [0.5, 0.6) is 0 Å². The molecule has 0 saturated carbocycles. The molecule has 116 valence electrons. The standard InChI is InChI=1S/C13H22N4O.2ClH/c1-11-8-17(9-12(2)15-11)13(18)4-3-6-16-7-5-14-10-16;;/h5,7,10-12,15H,3-4,6,8-9H2,1-2H3;2*1H. The Bertz CT molecular complexity index is 376. The zero-order chi connectivity index (χ0) is 13.0. The van der Waals surface area contributed by atoms with Crippen LogP contribution < -0.4 is 5.32 Å². The molecule has 1 aromatic rings. The van der Waals surface area contributed by atoms with Crippen molar-refractivity contribution in [2.75, 3.05) is 13.1 Å². The van der Waals surface area contributed by atoms with Gasteiger partial charge < -0.3 is 14.8 Å². The second-order valence-corrected chi connectivity index (χ2v) is 5.17. The summed E-state index contributed by atoms with van der Waals surface area (Å²) < 4.78 is 2.01. The molecule has 1 aliphatic rings. The van der Waals surface area contributed by atoms with Crippen molar-refractivity contribution in [2.45, 2.75) is 45.3 Å². The molecule has 1 N–H and O–H groups in total. The minimum Gasteiger partial charge on any atom is -0.340 e. The second kappa shape index (κ2) is 9.21. The number of nitrogens with one attached hydrogen (secondary N) is 1. The molecule has 0 bridgehead atoms. The first-order valence-corrected chi connectivity index (χ1v) is 6.64. The molecule has 1 amide bonds. The van der Waals surface area contributed by atoms with E-state index >= 15 is 0 Å². The van der Waals surface area contributed by atoms with E-state index < -0.39 is 0 Å². The average molecular weight is 323 g/mol. The molecule has 5 nitrogen and oxygen atoms in total. The van der Waals surface area contributed by atoms with Gasteiger partial charge in [-0.3, -0.25) is 4.79 Å². The van der Waals surface area contributed by atoms with Crippen molar-refractivity contribution in [3.63, 3.8) is 0 Å². The molecule has 0 aromatic carbocycles. The van der Waals surface area contributed by atoms with Crippen molar-refractivity contribution in [2.24, 2.45) is 0 Å². The van der Waals surface area contributed by atoms with Crippen LogP contribution in [0.1, 0.15) is 26.7 Å². The van der Waals surface area contributed by atoms with E-state index in [1.807, 2.05) is 15.7 Å². The highest BCUT2D eigenvalue weighted by molar-refractivity contribution is 5.85. The molecule has 7 heteroatoms. The summed E-state index contributed by atoms with van der Waals surface area (Å²) in [7, 11) is 0. The third kappa shape index (κ3) is 5.69. The van der Waals surface area contributed by atoms with Gasteiger partial charge >= 0.3 is 0 Å². The number of halogens is 2. The number of rotatable bonds is 4. The Labute approximate surface area is 132 Å². The van der Waals surface area contributed by atoms with E-state index in [9.17, 15) is 4.79 Å². The lowest BCUT2D eigenvalue weighted by Crippen LogP contribution is -2.55. The van der Waals surface area contributed by atoms with Gasteiger partial charge in [0.2, 0.25) is 5.91 Å². The van der Waals surface area contributed by atoms with Gasteiger partial charge in [0, 0.05) is 50.5 Å². The summed E-state index contributed by atoms with van der Waals surface area (Å²) in [6.07, 6.45) is 6.99. The number of amides is 1. The third-order valence-corrected chi connectivity index (χ3v) is 3.28. The number of carbonyl (C=O) groups is 1. The van der Waals surface area contributed by atoms with Gasteiger partial charge in [0.15, 0.2) is 0 Å². The molecule has 1 aromatic heterocycles. The number of piperazine rings is 1. The summed E-state index contributed by atoms with van der Waals surface area (Å²) in [6, 6.07) is 0.790. The van der Waals surface area contributed by atoms with E-state index in [0.29, 0.717) is 18.5 Å². The summed E-state index contributed by atoms with van der Waals surface area (Å²) in [5, 5.41) is 3.44. The molecular formula is C13H24Cl2N4O. The van der Waals surface area contributed by atoms with Crippen LogP contribution in [0.2, 0.25) is 0 Å². The number of imidazole rings is 1. The van der Waals surface area contributed by atoms with E-state index in [0.717, 1.165) is 26.1 Å². The highest BCUT2D eigenvalue weighted by atomic mass is 35.5. The molecule has 0 radical (unpaired) electrons. The van der Waals surface area contributed by atoms with Gasteiger partial charge in [-0.1, -0.05) is 0 Å². The molecule has 2 unspecified atom stereocenters. The highest BCUT2D eigenvalue weighted by Gasteiger charge is 2.23. The quantitative estimate of drug-likeness (QED) is 0.918. The molecular weight excluding hydrogens is 299 g/mol. The maximum absolute atomic E-state index is 12.1. The van der Waals surface area contributed by atoms with E-state index in [-0.39, 0.29) is 30.7 Å². The zero-order valence-corrected chi connectivity index (χ0v) is 13.6. The molecule has 1 aliphatic heterocycles. The fourth-order valence-corrected chi connectivity index (χ4v) is 2.52. The molecule has 0 spiro atoms. The van der Waals surface area contributed by atoms with Crippen molar-refractivity contribution in [3.05, 3.63) is 18.7 Å². The Morgan fingerprint density at radius 3 is 2.50 bits per heavy atom. The first-order chi connectivity index (χ1) is 8.65. The van der Waals surface area contributed by atoms with Crippen LogP contribution in [0, 0.1) is 0 Å². The van der Waals surface area contributed by atoms with Crippen LogP contribution >= 0.6 is 24.8 Å². The number of hydrogen-bond acceptors (Lipinski definition) is 3. The minimum absolute atomic E-state index is 0. The number of hydrogen-bond donors (Lipinski definition) is 1. The van der Waals surface area contributed by atoms with E-state index in [2.05, 4.69) is 24.1 Å². The number of carbonyl (C=O) groups excluding carboxylic acids is 1. The maximum atomic E-state index is 12.1. The SMILES string of the molecule is CC1CN(C(=O)CCCn2ccnc2)CC(C)N1.Cl.Cl. The molecule has 2 atom stereocenters. The van der Waals surface area contributed by atoms with E-state index in [1.54, 1.807) is 12.5 Å². The largest absolute Gasteiger partial charge is 0.340 e. The van der Waals surface area contributed by atoms with Crippen molar-refractivity contribution in [3.8, 4) is 0 Å². The van der Waals surface area contributed by atoms with Gasteiger partial charge in [-0.25, -0.2) is 4.98 Å². The Kier molecular flexibility index (Phi) is 8.85. The third-order valence-electron chi connectivity index (χ3n) is 3.28. The van der Waals surface area contributed by atoms with E-state index in [4.69, 9.17) is 0 Å². The molecule has 0 aliphatic carbocycles. The van der Waals surface area contributed by atoms with Crippen LogP contribution in [0.25, 0.3) is 0 Å². The number of aromatic nitrogens is 2. The Morgan fingerprint density at radius 2 is 1.95 bits per heavy atom. The van der Waals surface area contributed by atoms with Crippen LogP contribution in [-0.4, -0.2) is 45.5 Å². The first kappa shape index (κ1) is 19.2. The van der Waals surface area contributed by atoms with Crippen LogP contribution in [-0.2, 0) is 11.3 Å². The summed E-state index contributed by atoms with van der Waals surface area (Å²) in [5.41, 5.74) is 0. The van der Waals surface area contributed by atoms with Gasteiger partial charge in [-0.05, 0) is 20.3 Å². The van der Waals surface area contributed by atoms with E-state index in [1.165, 1.54) is 0 Å². The van der Waals surface area contributed by atoms with Crippen molar-refractivity contribution >= 4 is 30.7 Å². The lowest BCUT2D eigenvalue weighted by atomic mass is 10.1. The van der Waals surface area contributed by atoms with Gasteiger partial charge in [-0.15, -0.1) is 24.8 Å². The topological polar surface area (TPSA) is 50.2 Å². The minimum atomic E-state index is 0. The average Bonchev–Trinajstić information content (AvgIpc) is 2.80. The second-order valence-electron chi connectivity index (χ2n) is 5.17. The fourth-order valence-electron chi connectivity index (χ4n) is 2.52. The molecule has 1 fully saturated rings. The van der Waals surface area contributed by atoms with Crippen molar-refractivity contribution in [1.82, 2.24) is 19.8 Å². The summed E-state index contributed by atoms with van der Waals surface area (Å²) in [6.45, 7) is 6.77. The van der Waals surface area contributed by atoms with Crippen molar-refractivity contribution < 1.29 is 4.79 Å². The Balaban J connectivity index is 0.00000180. The summed E-state index contributed by atoms with van der Waals surface area (Å²) in [5.74, 6) is 0.273. The zero-order valence-electron chi connectivity index (χ0n) is 12.0. The molecule has 2 rings (SSSR count). The van der Waals surface area contributed by atoms with Crippen LogP contribution in [0.4, 0.5) is 0 Å². The Hall–Kier alpha value is -0.780. The lowest BCUT2D eigenvalue weighted by Gasteiger charge is -2.36. The maximum Gasteiger partial charge on any atom is 0.222 e. The fraction of sp³-hybridized carbons (Fsp3) is 0.692. The van der Waals surface area contributed by atoms with Gasteiger partial charge in [-0.2, -0.15) is 0 Å². The van der Waals surface area contributed by atoms with Crippen LogP contribution in [0.3, 0.4) is 0 Å². The molecule has 20 heavy (non-hydrogen) atoms. The smallest absolute Gasteiger partial charge is 0.222 e. The molecule has 1 saturated heterocycles. The predicted molar refractivity (Wildman–Crippen MR) is 84.6 cm³/mol. The number of aryl methyl sites for hydroxylation is 1. The number of nitrogens with zero attached hydrogens (tertiary/aromatic N) is 3. The van der Waals surface area contributed by atoms with Gasteiger partial charge in [0.25, 0.3) is 0 Å². The molecule has 2 heterocycles. The normalized spacial score (nSPS) is 21.8.